The molecule has 0 heterocycles. The predicted molar refractivity (Wildman–Crippen MR) is 38.2 cm³/mol. The molecule has 1 atom stereocenters. The zero-order valence-corrected chi connectivity index (χ0v) is 7.30. The zero-order chi connectivity index (χ0) is 8.20. The van der Waals surface area contributed by atoms with Crippen LogP contribution >= 0.6 is 7.60 Å². The molecule has 0 aromatic carbocycles. The molecule has 0 fully saturated rings. The molecule has 1 unspecified atom stereocenters. The Morgan fingerprint density at radius 1 is 1.50 bits per heavy atom. The summed E-state index contributed by atoms with van der Waals surface area (Å²) in [4.78, 5) is 0. The van der Waals surface area contributed by atoms with E-state index in [1.807, 2.05) is 0 Å². The Hall–Kier alpha value is 0.110. The lowest BCUT2D eigenvalue weighted by Crippen LogP contribution is -2.08. The number of aliphatic hydroxyl groups is 1. The van der Waals surface area contributed by atoms with Crippen molar-refractivity contribution < 1.29 is 18.7 Å². The van der Waals surface area contributed by atoms with Crippen molar-refractivity contribution in [2.24, 2.45) is 0 Å². The van der Waals surface area contributed by atoms with Crippen molar-refractivity contribution in [3.63, 3.8) is 0 Å². The van der Waals surface area contributed by atoms with Crippen LogP contribution in [0.25, 0.3) is 0 Å². The summed E-state index contributed by atoms with van der Waals surface area (Å²) in [5, 5.41) is 8.82. The SMILES string of the molecule is COP(=O)(CC(C)O)OC. The van der Waals surface area contributed by atoms with E-state index < -0.39 is 13.7 Å². The lowest BCUT2D eigenvalue weighted by Gasteiger charge is -2.14. The second-order valence-corrected chi connectivity index (χ2v) is 4.32. The highest BCUT2D eigenvalue weighted by Crippen LogP contribution is 2.46. The highest BCUT2D eigenvalue weighted by molar-refractivity contribution is 7.53. The minimum Gasteiger partial charge on any atom is -0.393 e. The number of hydrogen-bond acceptors (Lipinski definition) is 4. The van der Waals surface area contributed by atoms with Gasteiger partial charge in [-0.3, -0.25) is 4.57 Å². The largest absolute Gasteiger partial charge is 0.393 e. The molecule has 0 amide bonds. The zero-order valence-electron chi connectivity index (χ0n) is 6.40. The predicted octanol–water partition coefficient (Wildman–Crippen LogP) is 0.853. The maximum absolute atomic E-state index is 11.2. The van der Waals surface area contributed by atoms with Crippen LogP contribution in [-0.4, -0.2) is 31.6 Å². The molecule has 10 heavy (non-hydrogen) atoms. The Kier molecular flexibility index (Phi) is 4.13. The van der Waals surface area contributed by atoms with Gasteiger partial charge in [0.1, 0.15) is 0 Å². The maximum Gasteiger partial charge on any atom is 0.332 e. The molecule has 0 aliphatic rings. The van der Waals surface area contributed by atoms with E-state index in [0.29, 0.717) is 0 Å². The summed E-state index contributed by atoms with van der Waals surface area (Å²) < 4.78 is 20.3. The fourth-order valence-corrected chi connectivity index (χ4v) is 1.64. The fourth-order valence-electron chi connectivity index (χ4n) is 0.547. The number of hydrogen-bond donors (Lipinski definition) is 1. The summed E-state index contributed by atoms with van der Waals surface area (Å²) in [6, 6.07) is 0. The topological polar surface area (TPSA) is 55.8 Å². The summed E-state index contributed by atoms with van der Waals surface area (Å²) in [6.45, 7) is 1.53. The van der Waals surface area contributed by atoms with Gasteiger partial charge in [-0.1, -0.05) is 0 Å². The van der Waals surface area contributed by atoms with Crippen molar-refractivity contribution in [3.05, 3.63) is 0 Å². The fraction of sp³-hybridized carbons (Fsp3) is 1.00. The molecule has 0 rings (SSSR count). The van der Waals surface area contributed by atoms with Crippen LogP contribution in [0.2, 0.25) is 0 Å². The van der Waals surface area contributed by atoms with Crippen LogP contribution in [0.5, 0.6) is 0 Å². The van der Waals surface area contributed by atoms with Crippen molar-refractivity contribution >= 4 is 7.60 Å². The summed E-state index contributed by atoms with van der Waals surface area (Å²) in [5.74, 6) is 0. The van der Waals surface area contributed by atoms with Gasteiger partial charge in [0.25, 0.3) is 0 Å². The van der Waals surface area contributed by atoms with Crippen LogP contribution in [0.15, 0.2) is 0 Å². The first kappa shape index (κ1) is 10.1. The summed E-state index contributed by atoms with van der Waals surface area (Å²) in [7, 11) is -0.391. The maximum atomic E-state index is 11.2. The first-order chi connectivity index (χ1) is 4.54. The van der Waals surface area contributed by atoms with Crippen LogP contribution in [0, 0.1) is 0 Å². The van der Waals surface area contributed by atoms with E-state index in [2.05, 4.69) is 9.05 Å². The molecule has 1 N–H and O–H groups in total. The number of aliphatic hydroxyl groups excluding tert-OH is 1. The van der Waals surface area contributed by atoms with Crippen LogP contribution in [0.3, 0.4) is 0 Å². The first-order valence-corrected chi connectivity index (χ1v) is 4.65. The molecule has 0 aromatic heterocycles. The van der Waals surface area contributed by atoms with Crippen LogP contribution in [0.1, 0.15) is 6.92 Å². The third kappa shape index (κ3) is 3.32. The molecule has 62 valence electrons. The first-order valence-electron chi connectivity index (χ1n) is 2.92. The van der Waals surface area contributed by atoms with Crippen molar-refractivity contribution in [2.75, 3.05) is 20.4 Å². The molecular formula is C5H13O4P. The van der Waals surface area contributed by atoms with E-state index in [0.717, 1.165) is 0 Å². The van der Waals surface area contributed by atoms with Crippen LogP contribution in [-0.2, 0) is 13.6 Å². The molecule has 0 spiro atoms. The van der Waals surface area contributed by atoms with Gasteiger partial charge in [0.15, 0.2) is 0 Å². The Labute approximate surface area is 60.7 Å². The lowest BCUT2D eigenvalue weighted by atomic mass is 10.5. The second-order valence-electron chi connectivity index (χ2n) is 2.01. The molecule has 0 saturated carbocycles. The third-order valence-electron chi connectivity index (χ3n) is 1.04. The van der Waals surface area contributed by atoms with Crippen molar-refractivity contribution in [1.82, 2.24) is 0 Å². The van der Waals surface area contributed by atoms with E-state index >= 15 is 0 Å². The van der Waals surface area contributed by atoms with Gasteiger partial charge in [0, 0.05) is 14.2 Å². The van der Waals surface area contributed by atoms with E-state index in [4.69, 9.17) is 5.11 Å². The molecule has 0 saturated heterocycles. The smallest absolute Gasteiger partial charge is 0.332 e. The van der Waals surface area contributed by atoms with E-state index in [1.165, 1.54) is 21.1 Å². The average molecular weight is 168 g/mol. The number of rotatable bonds is 4. The molecule has 0 aliphatic heterocycles. The molecule has 0 aliphatic carbocycles. The van der Waals surface area contributed by atoms with E-state index in [9.17, 15) is 4.57 Å². The molecule has 5 heteroatoms. The van der Waals surface area contributed by atoms with Gasteiger partial charge in [-0.2, -0.15) is 0 Å². The normalized spacial score (nSPS) is 15.2. The molecular weight excluding hydrogens is 155 g/mol. The Balaban J connectivity index is 3.94. The van der Waals surface area contributed by atoms with Gasteiger partial charge in [-0.05, 0) is 6.92 Å². The minimum absolute atomic E-state index is 0.0417. The summed E-state index contributed by atoms with van der Waals surface area (Å²) >= 11 is 0. The van der Waals surface area contributed by atoms with Crippen LogP contribution in [0.4, 0.5) is 0 Å². The van der Waals surface area contributed by atoms with Gasteiger partial charge in [-0.25, -0.2) is 0 Å². The Bertz CT molecular complexity index is 126. The molecule has 0 bridgehead atoms. The lowest BCUT2D eigenvalue weighted by molar-refractivity contribution is 0.197. The van der Waals surface area contributed by atoms with Gasteiger partial charge < -0.3 is 14.2 Å². The molecule has 0 radical (unpaired) electrons. The summed E-state index contributed by atoms with van der Waals surface area (Å²) in [6.07, 6.45) is -0.620. The minimum atomic E-state index is -2.99. The van der Waals surface area contributed by atoms with Crippen LogP contribution < -0.4 is 0 Å². The second kappa shape index (κ2) is 4.09. The van der Waals surface area contributed by atoms with Crippen molar-refractivity contribution in [3.8, 4) is 0 Å². The average Bonchev–Trinajstić information content (AvgIpc) is 1.87. The van der Waals surface area contributed by atoms with Gasteiger partial charge in [0.2, 0.25) is 0 Å². The van der Waals surface area contributed by atoms with Crippen molar-refractivity contribution in [2.45, 2.75) is 13.0 Å². The quantitative estimate of drug-likeness (QED) is 0.632. The third-order valence-corrected chi connectivity index (χ3v) is 3.13. The summed E-state index contributed by atoms with van der Waals surface area (Å²) in [5.41, 5.74) is 0. The standard InChI is InChI=1S/C5H13O4P/c1-5(6)4-10(7,8-2)9-3/h5-6H,4H2,1-3H3. The Morgan fingerprint density at radius 3 is 2.00 bits per heavy atom. The van der Waals surface area contributed by atoms with E-state index in [-0.39, 0.29) is 6.16 Å². The molecule has 4 nitrogen and oxygen atoms in total. The van der Waals surface area contributed by atoms with Gasteiger partial charge >= 0.3 is 7.60 Å². The van der Waals surface area contributed by atoms with Gasteiger partial charge in [-0.15, -0.1) is 0 Å². The highest BCUT2D eigenvalue weighted by Gasteiger charge is 2.22. The highest BCUT2D eigenvalue weighted by atomic mass is 31.2. The van der Waals surface area contributed by atoms with Gasteiger partial charge in [0.05, 0.1) is 12.3 Å². The molecule has 0 aromatic rings. The van der Waals surface area contributed by atoms with E-state index in [1.54, 1.807) is 0 Å². The van der Waals surface area contributed by atoms with Crippen molar-refractivity contribution in [1.29, 1.82) is 0 Å². The Morgan fingerprint density at radius 2 is 1.90 bits per heavy atom. The monoisotopic (exact) mass is 168 g/mol.